The Morgan fingerprint density at radius 1 is 1.00 bits per heavy atom. The minimum atomic E-state index is -0.659. The molecule has 1 aliphatic carbocycles. The molecule has 2 bridgehead atoms. The van der Waals surface area contributed by atoms with Crippen molar-refractivity contribution in [2.45, 2.75) is 51.3 Å². The van der Waals surface area contributed by atoms with Crippen LogP contribution in [0.15, 0.2) is 30.6 Å². The number of halogens is 2. The number of hydrogen-bond acceptors (Lipinski definition) is 7. The van der Waals surface area contributed by atoms with Gasteiger partial charge in [0.25, 0.3) is 0 Å². The van der Waals surface area contributed by atoms with Gasteiger partial charge in [0.15, 0.2) is 11.9 Å². The molecule has 0 spiro atoms. The van der Waals surface area contributed by atoms with Gasteiger partial charge < -0.3 is 15.0 Å². The van der Waals surface area contributed by atoms with Crippen molar-refractivity contribution in [2.24, 2.45) is 11.8 Å². The third-order valence-corrected chi connectivity index (χ3v) is 7.18. The monoisotopic (exact) mass is 467 g/mol. The van der Waals surface area contributed by atoms with Crippen molar-refractivity contribution in [3.8, 4) is 5.75 Å². The summed E-state index contributed by atoms with van der Waals surface area (Å²) >= 11 is 0. The zero-order chi connectivity index (χ0) is 23.2. The number of nitrogens with one attached hydrogen (secondary N) is 1. The van der Waals surface area contributed by atoms with Gasteiger partial charge in [-0.25, -0.2) is 23.4 Å². The summed E-state index contributed by atoms with van der Waals surface area (Å²) in [6.07, 6.45) is 5.14. The van der Waals surface area contributed by atoms with Gasteiger partial charge in [0.1, 0.15) is 29.5 Å². The Hall–Kier alpha value is -3.30. The van der Waals surface area contributed by atoms with Crippen molar-refractivity contribution in [3.05, 3.63) is 53.7 Å². The topological polar surface area (TPSA) is 81.0 Å². The van der Waals surface area contributed by atoms with E-state index >= 15 is 0 Å². The number of rotatable bonds is 5. The first-order valence-electron chi connectivity index (χ1n) is 11.9. The van der Waals surface area contributed by atoms with Gasteiger partial charge in [0.2, 0.25) is 5.95 Å². The van der Waals surface area contributed by atoms with E-state index in [9.17, 15) is 8.78 Å². The van der Waals surface area contributed by atoms with Crippen molar-refractivity contribution in [1.82, 2.24) is 24.7 Å². The molecule has 10 heteroatoms. The average molecular weight is 468 g/mol. The van der Waals surface area contributed by atoms with Crippen molar-refractivity contribution in [1.29, 1.82) is 0 Å². The molecule has 34 heavy (non-hydrogen) atoms. The Morgan fingerprint density at radius 3 is 2.50 bits per heavy atom. The molecule has 2 aliphatic heterocycles. The highest BCUT2D eigenvalue weighted by Crippen LogP contribution is 2.40. The van der Waals surface area contributed by atoms with Crippen LogP contribution in [0.4, 0.5) is 20.5 Å². The first-order chi connectivity index (χ1) is 16.5. The second-order valence-corrected chi connectivity index (χ2v) is 9.56. The predicted octanol–water partition coefficient (Wildman–Crippen LogP) is 3.90. The second-order valence-electron chi connectivity index (χ2n) is 9.56. The normalized spacial score (nSPS) is 25.8. The molecule has 1 unspecified atom stereocenters. The van der Waals surface area contributed by atoms with Gasteiger partial charge in [0, 0.05) is 55.6 Å². The molecule has 4 heterocycles. The van der Waals surface area contributed by atoms with Gasteiger partial charge in [-0.2, -0.15) is 4.98 Å². The largest absolute Gasteiger partial charge is 0.482 e. The number of hydrogen-bond donors (Lipinski definition) is 1. The maximum absolute atomic E-state index is 13.6. The zero-order valence-electron chi connectivity index (χ0n) is 19.0. The number of aromatic nitrogens is 5. The number of ether oxygens (including phenoxy) is 1. The maximum atomic E-state index is 13.6. The summed E-state index contributed by atoms with van der Waals surface area (Å²) in [6.45, 7) is 4.62. The minimum Gasteiger partial charge on any atom is -0.482 e. The molecule has 3 aromatic rings. The molecule has 1 saturated heterocycles. The molecule has 178 valence electrons. The van der Waals surface area contributed by atoms with Crippen molar-refractivity contribution >= 4 is 11.8 Å². The number of aryl methyl sites for hydroxylation is 2. The molecular formula is C24H27F2N7O. The Bertz CT molecular complexity index is 1170. The Balaban J connectivity index is 1.17. The molecule has 4 atom stereocenters. The molecule has 0 radical (unpaired) electrons. The van der Waals surface area contributed by atoms with E-state index in [1.54, 1.807) is 6.33 Å². The standard InChI is InChI=1S/C24H27F2N7O/c1-14-7-21(28-13-27-14)32-11-15-4-5-16(12-32)22(15)29-24-30-23-20(3-2-6-33(23)31-24)34-19-9-17(25)8-18(26)10-19/h7-10,13,15-16,20,22H,2-6,11-12H2,1H3,(H,29,31)/t15-,16+,20-,22?/m0/s1. The molecule has 1 N–H and O–H groups in total. The third kappa shape index (κ3) is 4.05. The first kappa shape index (κ1) is 21.2. The first-order valence-corrected chi connectivity index (χ1v) is 11.9. The number of fused-ring (bicyclic) bond motifs is 3. The molecule has 1 aromatic carbocycles. The zero-order valence-corrected chi connectivity index (χ0v) is 19.0. The lowest BCUT2D eigenvalue weighted by atomic mass is 9.92. The van der Waals surface area contributed by atoms with E-state index in [2.05, 4.69) is 25.3 Å². The Morgan fingerprint density at radius 2 is 1.76 bits per heavy atom. The summed E-state index contributed by atoms with van der Waals surface area (Å²) in [7, 11) is 0. The van der Waals surface area contributed by atoms with E-state index in [0.29, 0.717) is 29.7 Å². The van der Waals surface area contributed by atoms with Crippen molar-refractivity contribution in [3.63, 3.8) is 0 Å². The predicted molar refractivity (Wildman–Crippen MR) is 122 cm³/mol. The fourth-order valence-corrected chi connectivity index (χ4v) is 5.65. The smallest absolute Gasteiger partial charge is 0.242 e. The fraction of sp³-hybridized carbons (Fsp3) is 0.500. The van der Waals surface area contributed by atoms with Crippen molar-refractivity contribution < 1.29 is 13.5 Å². The van der Waals surface area contributed by atoms with Crippen LogP contribution in [0, 0.1) is 30.4 Å². The lowest BCUT2D eigenvalue weighted by Crippen LogP contribution is -2.48. The summed E-state index contributed by atoms with van der Waals surface area (Å²) in [5, 5.41) is 8.30. The van der Waals surface area contributed by atoms with E-state index in [1.807, 2.05) is 17.7 Å². The molecule has 8 nitrogen and oxygen atoms in total. The van der Waals surface area contributed by atoms with E-state index in [4.69, 9.17) is 9.72 Å². The molecule has 6 rings (SSSR count). The summed E-state index contributed by atoms with van der Waals surface area (Å²) < 4.78 is 35.0. The van der Waals surface area contributed by atoms with Crippen LogP contribution in [-0.2, 0) is 6.54 Å². The summed E-state index contributed by atoms with van der Waals surface area (Å²) in [5.41, 5.74) is 0.975. The Kier molecular flexibility index (Phi) is 5.30. The summed E-state index contributed by atoms with van der Waals surface area (Å²) in [6, 6.07) is 5.58. The van der Waals surface area contributed by atoms with Gasteiger partial charge in [0.05, 0.1) is 0 Å². The lowest BCUT2D eigenvalue weighted by Gasteiger charge is -2.38. The molecule has 3 aliphatic rings. The highest BCUT2D eigenvalue weighted by molar-refractivity contribution is 5.41. The van der Waals surface area contributed by atoms with E-state index in [0.717, 1.165) is 62.9 Å². The van der Waals surface area contributed by atoms with Crippen LogP contribution in [0.1, 0.15) is 43.3 Å². The number of nitrogens with zero attached hydrogens (tertiary/aromatic N) is 6. The average Bonchev–Trinajstić information content (AvgIpc) is 3.30. The number of benzene rings is 1. The van der Waals surface area contributed by atoms with Crippen LogP contribution in [0.3, 0.4) is 0 Å². The van der Waals surface area contributed by atoms with Crippen LogP contribution in [-0.4, -0.2) is 43.9 Å². The van der Waals surface area contributed by atoms with Crippen LogP contribution in [0.25, 0.3) is 0 Å². The van der Waals surface area contributed by atoms with E-state index in [1.165, 1.54) is 12.1 Å². The minimum absolute atomic E-state index is 0.166. The van der Waals surface area contributed by atoms with Crippen LogP contribution in [0.2, 0.25) is 0 Å². The third-order valence-electron chi connectivity index (χ3n) is 7.18. The Labute approximate surface area is 196 Å². The number of anilines is 2. The van der Waals surface area contributed by atoms with Gasteiger partial charge in [-0.05, 0) is 44.4 Å². The van der Waals surface area contributed by atoms with Gasteiger partial charge in [-0.15, -0.1) is 5.10 Å². The van der Waals surface area contributed by atoms with Gasteiger partial charge >= 0.3 is 0 Å². The van der Waals surface area contributed by atoms with Crippen LogP contribution < -0.4 is 15.0 Å². The molecule has 2 aromatic heterocycles. The molecular weight excluding hydrogens is 440 g/mol. The van der Waals surface area contributed by atoms with Crippen molar-refractivity contribution in [2.75, 3.05) is 23.3 Å². The molecule has 1 saturated carbocycles. The maximum Gasteiger partial charge on any atom is 0.242 e. The summed E-state index contributed by atoms with van der Waals surface area (Å²) in [4.78, 5) is 15.8. The van der Waals surface area contributed by atoms with E-state index < -0.39 is 17.7 Å². The number of piperidine rings is 1. The van der Waals surface area contributed by atoms with Gasteiger partial charge in [-0.3, -0.25) is 0 Å². The fourth-order valence-electron chi connectivity index (χ4n) is 5.65. The van der Waals surface area contributed by atoms with E-state index in [-0.39, 0.29) is 5.75 Å². The second kappa shape index (κ2) is 8.48. The van der Waals surface area contributed by atoms with Gasteiger partial charge in [-0.1, -0.05) is 0 Å². The molecule has 2 fully saturated rings. The molecule has 0 amide bonds. The lowest BCUT2D eigenvalue weighted by molar-refractivity contribution is 0.154. The summed E-state index contributed by atoms with van der Waals surface area (Å²) in [5.74, 6) is 2.10. The quantitative estimate of drug-likeness (QED) is 0.610. The van der Waals surface area contributed by atoms with Crippen LogP contribution in [0.5, 0.6) is 5.75 Å². The SMILES string of the molecule is Cc1cc(N2C[C@H]3CC[C@@H](C2)C3Nc2nc3n(n2)CCC[C@@H]3Oc2cc(F)cc(F)c2)ncn1. The van der Waals surface area contributed by atoms with Crippen LogP contribution >= 0.6 is 0 Å². The highest BCUT2D eigenvalue weighted by atomic mass is 19.1. The highest BCUT2D eigenvalue weighted by Gasteiger charge is 2.43.